The second kappa shape index (κ2) is 16.6. The predicted octanol–water partition coefficient (Wildman–Crippen LogP) is 4.40. The average Bonchev–Trinajstić information content (AvgIpc) is 3.75. The molecule has 4 rings (SSSR count). The van der Waals surface area contributed by atoms with E-state index in [1.165, 1.54) is 11.1 Å². The number of aliphatic carboxylic acids is 2. The number of sulfonamides is 1. The van der Waals surface area contributed by atoms with Crippen molar-refractivity contribution in [3.05, 3.63) is 82.9 Å². The van der Waals surface area contributed by atoms with Crippen molar-refractivity contribution in [1.82, 2.24) is 14.5 Å². The van der Waals surface area contributed by atoms with Crippen LogP contribution in [0, 0.1) is 0 Å². The van der Waals surface area contributed by atoms with Crippen LogP contribution in [0.1, 0.15) is 55.7 Å². The molecule has 2 fully saturated rings. The second-order valence-corrected chi connectivity index (χ2v) is 12.7. The van der Waals surface area contributed by atoms with E-state index in [0.29, 0.717) is 12.2 Å². The smallest absolute Gasteiger partial charge is 0.328 e. The molecular weight excluding hydrogens is 566 g/mol. The Kier molecular flexibility index (Phi) is 13.3. The van der Waals surface area contributed by atoms with Gasteiger partial charge in [-0.2, -0.15) is 0 Å². The van der Waals surface area contributed by atoms with Crippen molar-refractivity contribution in [2.24, 2.45) is 0 Å². The molecule has 2 aliphatic rings. The Hall–Kier alpha value is -2.76. The van der Waals surface area contributed by atoms with Crippen LogP contribution in [-0.4, -0.2) is 84.9 Å². The van der Waals surface area contributed by atoms with Gasteiger partial charge in [0.25, 0.3) is 0 Å². The summed E-state index contributed by atoms with van der Waals surface area (Å²) in [4.78, 5) is 24.2. The zero-order valence-electron chi connectivity index (χ0n) is 23.2. The van der Waals surface area contributed by atoms with Gasteiger partial charge in [0, 0.05) is 49.4 Å². The number of nitrogens with one attached hydrogen (secondary N) is 1. The van der Waals surface area contributed by atoms with Crippen LogP contribution in [0.15, 0.2) is 66.7 Å². The minimum atomic E-state index is -3.06. The Morgan fingerprint density at radius 2 is 1.49 bits per heavy atom. The number of carbonyl (C=O) groups is 2. The van der Waals surface area contributed by atoms with Crippen LogP contribution in [-0.2, 0) is 19.6 Å². The van der Waals surface area contributed by atoms with E-state index in [1.54, 1.807) is 0 Å². The predicted molar refractivity (Wildman–Crippen MR) is 161 cm³/mol. The highest BCUT2D eigenvalue weighted by Crippen LogP contribution is 2.31. The topological polar surface area (TPSA) is 127 Å². The lowest BCUT2D eigenvalue weighted by atomic mass is 9.96. The van der Waals surface area contributed by atoms with Crippen molar-refractivity contribution < 1.29 is 28.2 Å². The van der Waals surface area contributed by atoms with Gasteiger partial charge in [-0.1, -0.05) is 66.9 Å². The van der Waals surface area contributed by atoms with E-state index in [1.807, 2.05) is 12.1 Å². The molecule has 0 radical (unpaired) electrons. The molecule has 2 aromatic carbocycles. The monoisotopic (exact) mass is 605 g/mol. The minimum Gasteiger partial charge on any atom is -0.478 e. The van der Waals surface area contributed by atoms with E-state index in [-0.39, 0.29) is 17.8 Å². The molecule has 1 saturated heterocycles. The number of piperazine rings is 1. The van der Waals surface area contributed by atoms with Crippen molar-refractivity contribution in [2.75, 3.05) is 38.5 Å². The normalized spacial score (nSPS) is 17.1. The van der Waals surface area contributed by atoms with Crippen LogP contribution < -0.4 is 4.72 Å². The Labute approximate surface area is 247 Å². The van der Waals surface area contributed by atoms with E-state index in [4.69, 9.17) is 21.8 Å². The maximum atomic E-state index is 11.9. The quantitative estimate of drug-likeness (QED) is 0.214. The van der Waals surface area contributed by atoms with Gasteiger partial charge in [0.1, 0.15) is 0 Å². The number of halogens is 1. The van der Waals surface area contributed by atoms with Crippen molar-refractivity contribution in [3.63, 3.8) is 0 Å². The molecule has 41 heavy (non-hydrogen) atoms. The summed E-state index contributed by atoms with van der Waals surface area (Å²) in [5, 5.41) is 16.4. The largest absolute Gasteiger partial charge is 0.478 e. The van der Waals surface area contributed by atoms with E-state index in [9.17, 15) is 18.0 Å². The number of carboxylic acids is 2. The highest BCUT2D eigenvalue weighted by atomic mass is 35.5. The molecule has 1 aliphatic carbocycles. The van der Waals surface area contributed by atoms with Gasteiger partial charge in [0.05, 0.1) is 11.8 Å². The summed E-state index contributed by atoms with van der Waals surface area (Å²) >= 11 is 6.32. The molecule has 1 unspecified atom stereocenters. The average molecular weight is 606 g/mol. The van der Waals surface area contributed by atoms with E-state index >= 15 is 0 Å². The number of nitrogens with zero attached hydrogens (tertiary/aromatic N) is 2. The molecule has 0 amide bonds. The summed E-state index contributed by atoms with van der Waals surface area (Å²) in [6, 6.07) is 19.4. The molecule has 1 saturated carbocycles. The van der Waals surface area contributed by atoms with Crippen molar-refractivity contribution in [1.29, 1.82) is 0 Å². The standard InChI is InChI=1S/C26H36ClN3O2S.C4H4O4/c27-24-12-8-11-23(21-24)26(22-9-4-3-5-10-22)30-18-16-29(17-19-30)15-6-1-2-7-20-33(31,32)28-25-13-14-25;5-3(6)1-2-4(7)8/h3-5,8-12,21,25-26,28H,1-2,6-7,13-20H2;1-2H,(H,5,6)(H,7,8)/b;2-1+. The number of rotatable bonds is 14. The Bertz CT molecular complexity index is 1230. The van der Waals surface area contributed by atoms with Crippen LogP contribution >= 0.6 is 11.6 Å². The summed E-state index contributed by atoms with van der Waals surface area (Å²) in [6.07, 6.45) is 7.07. The second-order valence-electron chi connectivity index (χ2n) is 10.4. The first-order valence-corrected chi connectivity index (χ1v) is 16.1. The number of hydrogen-bond donors (Lipinski definition) is 3. The molecule has 0 spiro atoms. The van der Waals surface area contributed by atoms with Gasteiger partial charge < -0.3 is 15.1 Å². The van der Waals surface area contributed by atoms with Gasteiger partial charge >= 0.3 is 11.9 Å². The number of unbranched alkanes of at least 4 members (excludes halogenated alkanes) is 3. The van der Waals surface area contributed by atoms with Crippen LogP contribution in [0.4, 0.5) is 0 Å². The summed E-state index contributed by atoms with van der Waals surface area (Å²) in [7, 11) is -3.06. The van der Waals surface area contributed by atoms with E-state index in [2.05, 4.69) is 57.0 Å². The maximum absolute atomic E-state index is 11.9. The van der Waals surface area contributed by atoms with Crippen LogP contribution in [0.2, 0.25) is 5.02 Å². The number of carboxylic acid groups (broad SMARTS) is 2. The van der Waals surface area contributed by atoms with Gasteiger partial charge in [0.15, 0.2) is 0 Å². The van der Waals surface area contributed by atoms with E-state index < -0.39 is 22.0 Å². The molecule has 2 aromatic rings. The molecule has 0 aromatic heterocycles. The van der Waals surface area contributed by atoms with Gasteiger partial charge in [-0.15, -0.1) is 0 Å². The third kappa shape index (κ3) is 12.7. The highest BCUT2D eigenvalue weighted by Gasteiger charge is 2.27. The molecule has 11 heteroatoms. The first-order chi connectivity index (χ1) is 19.6. The molecule has 3 N–H and O–H groups in total. The summed E-state index contributed by atoms with van der Waals surface area (Å²) in [5.41, 5.74) is 2.55. The molecule has 1 heterocycles. The maximum Gasteiger partial charge on any atom is 0.328 e. The number of benzene rings is 2. The first-order valence-electron chi connectivity index (χ1n) is 14.0. The van der Waals surface area contributed by atoms with Crippen molar-refractivity contribution in [3.8, 4) is 0 Å². The summed E-state index contributed by atoms with van der Waals surface area (Å²) in [6.45, 7) is 5.26. The van der Waals surface area contributed by atoms with Crippen LogP contribution in [0.25, 0.3) is 0 Å². The van der Waals surface area contributed by atoms with E-state index in [0.717, 1.165) is 76.3 Å². The van der Waals surface area contributed by atoms with Gasteiger partial charge in [0.2, 0.25) is 10.0 Å². The Balaban J connectivity index is 0.000000507. The van der Waals surface area contributed by atoms with Gasteiger partial charge in [-0.05, 0) is 55.5 Å². The summed E-state index contributed by atoms with van der Waals surface area (Å²) in [5.74, 6) is -2.24. The third-order valence-corrected chi connectivity index (χ3v) is 8.73. The Morgan fingerprint density at radius 1 is 0.878 bits per heavy atom. The molecule has 1 aliphatic heterocycles. The number of hydrogen-bond acceptors (Lipinski definition) is 6. The van der Waals surface area contributed by atoms with Crippen molar-refractivity contribution >= 4 is 33.6 Å². The fourth-order valence-corrected chi connectivity index (χ4v) is 6.45. The third-order valence-electron chi connectivity index (χ3n) is 6.98. The molecule has 224 valence electrons. The first kappa shape index (κ1) is 32.8. The minimum absolute atomic E-state index is 0.217. The molecular formula is C30H40ClN3O6S. The lowest BCUT2D eigenvalue weighted by Gasteiger charge is -2.40. The van der Waals surface area contributed by atoms with Gasteiger partial charge in [-0.25, -0.2) is 22.7 Å². The fraction of sp³-hybridized carbons (Fsp3) is 0.467. The fourth-order valence-electron chi connectivity index (χ4n) is 4.81. The molecule has 9 nitrogen and oxygen atoms in total. The lowest BCUT2D eigenvalue weighted by Crippen LogP contribution is -2.48. The summed E-state index contributed by atoms with van der Waals surface area (Å²) < 4.78 is 26.6. The van der Waals surface area contributed by atoms with Gasteiger partial charge in [-0.3, -0.25) is 4.90 Å². The molecule has 0 bridgehead atoms. The lowest BCUT2D eigenvalue weighted by molar-refractivity contribution is -0.134. The van der Waals surface area contributed by atoms with Crippen LogP contribution in [0.3, 0.4) is 0 Å². The highest BCUT2D eigenvalue weighted by molar-refractivity contribution is 7.89. The molecule has 1 atom stereocenters. The SMILES string of the molecule is O=C(O)/C=C/C(=O)O.O=S(=O)(CCCCCCN1CCN(C(c2ccccc2)c2cccc(Cl)c2)CC1)NC1CC1. The zero-order chi connectivity index (χ0) is 29.7. The van der Waals surface area contributed by atoms with Crippen molar-refractivity contribution in [2.45, 2.75) is 50.6 Å². The van der Waals surface area contributed by atoms with Crippen LogP contribution in [0.5, 0.6) is 0 Å². The Morgan fingerprint density at radius 3 is 2.07 bits per heavy atom. The zero-order valence-corrected chi connectivity index (χ0v) is 24.8.